The van der Waals surface area contributed by atoms with Gasteiger partial charge >= 0.3 is 5.97 Å². The molecule has 0 fully saturated rings. The minimum atomic E-state index is -0.730. The SMILES string of the molecule is COCCOCC(=O)N[C@H](Cc1ccc(C)cc1)C(=O)OC. The summed E-state index contributed by atoms with van der Waals surface area (Å²) in [5.41, 5.74) is 2.08. The number of nitrogens with one attached hydrogen (secondary N) is 1. The van der Waals surface area contributed by atoms with Gasteiger partial charge in [0.25, 0.3) is 0 Å². The quantitative estimate of drug-likeness (QED) is 0.541. The van der Waals surface area contributed by atoms with Crippen molar-refractivity contribution in [3.05, 3.63) is 35.4 Å². The van der Waals surface area contributed by atoms with Crippen molar-refractivity contribution in [2.45, 2.75) is 19.4 Å². The molecule has 6 heteroatoms. The number of ether oxygens (including phenoxy) is 3. The number of carbonyl (C=O) groups is 2. The van der Waals surface area contributed by atoms with Gasteiger partial charge in [-0.15, -0.1) is 0 Å². The van der Waals surface area contributed by atoms with Crippen LogP contribution in [0.1, 0.15) is 11.1 Å². The summed E-state index contributed by atoms with van der Waals surface area (Å²) in [6.07, 6.45) is 0.372. The summed E-state index contributed by atoms with van der Waals surface area (Å²) < 4.78 is 14.7. The number of amides is 1. The van der Waals surface area contributed by atoms with E-state index in [1.807, 2.05) is 31.2 Å². The Bertz CT molecular complexity index is 472. The Balaban J connectivity index is 2.55. The molecule has 6 nitrogen and oxygen atoms in total. The number of hydrogen-bond acceptors (Lipinski definition) is 5. The van der Waals surface area contributed by atoms with E-state index in [2.05, 4.69) is 5.32 Å². The molecule has 1 aromatic rings. The molecule has 0 aromatic heterocycles. The second kappa shape index (κ2) is 9.92. The molecular formula is C16H23NO5. The summed E-state index contributed by atoms with van der Waals surface area (Å²) in [5, 5.41) is 2.63. The zero-order chi connectivity index (χ0) is 16.4. The maximum absolute atomic E-state index is 11.8. The summed E-state index contributed by atoms with van der Waals surface area (Å²) in [6.45, 7) is 2.60. The highest BCUT2D eigenvalue weighted by Gasteiger charge is 2.21. The molecule has 1 rings (SSSR count). The molecule has 0 saturated heterocycles. The number of esters is 1. The Hall–Kier alpha value is -1.92. The van der Waals surface area contributed by atoms with Gasteiger partial charge in [0, 0.05) is 13.5 Å². The van der Waals surface area contributed by atoms with Gasteiger partial charge in [0.05, 0.1) is 20.3 Å². The van der Waals surface area contributed by atoms with Gasteiger partial charge in [-0.1, -0.05) is 29.8 Å². The van der Waals surface area contributed by atoms with Gasteiger partial charge in [0.1, 0.15) is 12.6 Å². The number of methoxy groups -OCH3 is 2. The van der Waals surface area contributed by atoms with E-state index < -0.39 is 12.0 Å². The molecule has 0 heterocycles. The second-order valence-corrected chi connectivity index (χ2v) is 4.88. The van der Waals surface area contributed by atoms with Crippen LogP contribution in [0.25, 0.3) is 0 Å². The van der Waals surface area contributed by atoms with E-state index in [0.29, 0.717) is 19.6 Å². The van der Waals surface area contributed by atoms with Crippen molar-refractivity contribution in [2.24, 2.45) is 0 Å². The minimum absolute atomic E-state index is 0.120. The fourth-order valence-corrected chi connectivity index (χ4v) is 1.84. The largest absolute Gasteiger partial charge is 0.467 e. The lowest BCUT2D eigenvalue weighted by Crippen LogP contribution is -2.44. The molecule has 1 N–H and O–H groups in total. The molecule has 0 spiro atoms. The Labute approximate surface area is 130 Å². The molecular weight excluding hydrogens is 286 g/mol. The van der Waals surface area contributed by atoms with Gasteiger partial charge in [-0.05, 0) is 12.5 Å². The van der Waals surface area contributed by atoms with Crippen LogP contribution in [0.5, 0.6) is 0 Å². The van der Waals surface area contributed by atoms with Crippen LogP contribution in [0.3, 0.4) is 0 Å². The van der Waals surface area contributed by atoms with E-state index in [-0.39, 0.29) is 12.5 Å². The molecule has 0 bridgehead atoms. The smallest absolute Gasteiger partial charge is 0.328 e. The fraction of sp³-hybridized carbons (Fsp3) is 0.500. The van der Waals surface area contributed by atoms with E-state index in [9.17, 15) is 9.59 Å². The van der Waals surface area contributed by atoms with Gasteiger partial charge in [0.2, 0.25) is 5.91 Å². The minimum Gasteiger partial charge on any atom is -0.467 e. The van der Waals surface area contributed by atoms with E-state index in [1.165, 1.54) is 7.11 Å². The molecule has 1 atom stereocenters. The molecule has 0 saturated carbocycles. The highest BCUT2D eigenvalue weighted by atomic mass is 16.5. The Morgan fingerprint density at radius 3 is 2.41 bits per heavy atom. The summed E-state index contributed by atoms with van der Waals surface area (Å²) >= 11 is 0. The van der Waals surface area contributed by atoms with Crippen LogP contribution in [-0.4, -0.2) is 52.0 Å². The predicted octanol–water partition coefficient (Wildman–Crippen LogP) is 0.858. The number of hydrogen-bond donors (Lipinski definition) is 1. The predicted molar refractivity (Wildman–Crippen MR) is 81.5 cm³/mol. The zero-order valence-corrected chi connectivity index (χ0v) is 13.3. The number of rotatable bonds is 9. The van der Waals surface area contributed by atoms with Crippen molar-refractivity contribution in [3.63, 3.8) is 0 Å². The van der Waals surface area contributed by atoms with Gasteiger partial charge in [-0.25, -0.2) is 4.79 Å². The molecule has 0 aliphatic carbocycles. The van der Waals surface area contributed by atoms with E-state index in [0.717, 1.165) is 11.1 Å². The Morgan fingerprint density at radius 2 is 1.82 bits per heavy atom. The molecule has 1 amide bonds. The fourth-order valence-electron chi connectivity index (χ4n) is 1.84. The average molecular weight is 309 g/mol. The normalized spacial score (nSPS) is 11.8. The third-order valence-corrected chi connectivity index (χ3v) is 3.05. The Morgan fingerprint density at radius 1 is 1.14 bits per heavy atom. The molecule has 22 heavy (non-hydrogen) atoms. The molecule has 0 aliphatic rings. The first-order valence-electron chi connectivity index (χ1n) is 7.06. The summed E-state index contributed by atoms with van der Waals surface area (Å²) in [4.78, 5) is 23.6. The van der Waals surface area contributed by atoms with E-state index >= 15 is 0 Å². The first kappa shape index (κ1) is 18.1. The highest BCUT2D eigenvalue weighted by Crippen LogP contribution is 2.07. The van der Waals surface area contributed by atoms with Crippen LogP contribution in [0.2, 0.25) is 0 Å². The lowest BCUT2D eigenvalue weighted by atomic mass is 10.0. The second-order valence-electron chi connectivity index (χ2n) is 4.88. The van der Waals surface area contributed by atoms with Crippen LogP contribution < -0.4 is 5.32 Å². The first-order valence-corrected chi connectivity index (χ1v) is 7.06. The Kier molecular flexibility index (Phi) is 8.17. The van der Waals surface area contributed by atoms with Crippen LogP contribution in [0.4, 0.5) is 0 Å². The van der Waals surface area contributed by atoms with Crippen molar-refractivity contribution in [1.29, 1.82) is 0 Å². The van der Waals surface area contributed by atoms with Gasteiger partial charge in [-0.2, -0.15) is 0 Å². The van der Waals surface area contributed by atoms with Crippen molar-refractivity contribution in [3.8, 4) is 0 Å². The van der Waals surface area contributed by atoms with Crippen LogP contribution in [-0.2, 0) is 30.2 Å². The van der Waals surface area contributed by atoms with E-state index in [1.54, 1.807) is 7.11 Å². The summed E-state index contributed by atoms with van der Waals surface area (Å²) in [7, 11) is 2.85. The third-order valence-electron chi connectivity index (χ3n) is 3.05. The average Bonchev–Trinajstić information content (AvgIpc) is 2.52. The maximum atomic E-state index is 11.8. The topological polar surface area (TPSA) is 73.9 Å². The standard InChI is InChI=1S/C16H23NO5/c1-12-4-6-13(7-5-12)10-14(16(19)21-3)17-15(18)11-22-9-8-20-2/h4-7,14H,8-11H2,1-3H3,(H,17,18)/t14-/m1/s1. The lowest BCUT2D eigenvalue weighted by Gasteiger charge is -2.16. The molecule has 122 valence electrons. The number of carbonyl (C=O) groups excluding carboxylic acids is 2. The molecule has 1 aromatic carbocycles. The lowest BCUT2D eigenvalue weighted by molar-refractivity contribution is -0.145. The van der Waals surface area contributed by atoms with E-state index in [4.69, 9.17) is 14.2 Å². The summed E-state index contributed by atoms with van der Waals surface area (Å²) in [5.74, 6) is -0.843. The first-order chi connectivity index (χ1) is 10.6. The zero-order valence-electron chi connectivity index (χ0n) is 13.3. The van der Waals surface area contributed by atoms with Crippen LogP contribution in [0.15, 0.2) is 24.3 Å². The van der Waals surface area contributed by atoms with Crippen molar-refractivity contribution in [1.82, 2.24) is 5.32 Å². The number of benzene rings is 1. The van der Waals surface area contributed by atoms with Crippen LogP contribution >= 0.6 is 0 Å². The molecule has 0 unspecified atom stereocenters. The van der Waals surface area contributed by atoms with Gasteiger partial charge in [-0.3, -0.25) is 4.79 Å². The number of aryl methyl sites for hydroxylation is 1. The van der Waals surface area contributed by atoms with Gasteiger partial charge in [0.15, 0.2) is 0 Å². The third kappa shape index (κ3) is 6.69. The van der Waals surface area contributed by atoms with Crippen molar-refractivity contribution >= 4 is 11.9 Å². The van der Waals surface area contributed by atoms with Gasteiger partial charge < -0.3 is 19.5 Å². The monoisotopic (exact) mass is 309 g/mol. The van der Waals surface area contributed by atoms with Crippen molar-refractivity contribution in [2.75, 3.05) is 34.0 Å². The van der Waals surface area contributed by atoms with Crippen LogP contribution in [0, 0.1) is 6.92 Å². The summed E-state index contributed by atoms with van der Waals surface area (Å²) in [6, 6.07) is 7.03. The van der Waals surface area contributed by atoms with Crippen molar-refractivity contribution < 1.29 is 23.8 Å². The highest BCUT2D eigenvalue weighted by molar-refractivity contribution is 5.85. The maximum Gasteiger partial charge on any atom is 0.328 e. The molecule has 0 aliphatic heterocycles. The molecule has 0 radical (unpaired) electrons.